The van der Waals surface area contributed by atoms with Gasteiger partial charge in [-0.25, -0.2) is 4.57 Å². The fraction of sp³-hybridized carbons (Fsp3) is 0.212. The summed E-state index contributed by atoms with van der Waals surface area (Å²) in [6.45, 7) is 27.5. The molecule has 0 aromatic heterocycles. The van der Waals surface area contributed by atoms with Gasteiger partial charge in [-0.15, -0.1) is 0 Å². The van der Waals surface area contributed by atoms with Gasteiger partial charge >= 0.3 is 15.4 Å². The molecule has 0 N–H and O–H groups in total. The second-order valence-corrected chi connectivity index (χ2v) is 36.2. The number of hydrogen-bond acceptors (Lipinski definition) is 11. The van der Waals surface area contributed by atoms with Gasteiger partial charge in [0.25, 0.3) is 5.53 Å². The molecule has 0 heterocycles. The SMILES string of the molecule is CCOC(OCC)(P=O)c1ccc(C2(c3ccc(CP(=O)(OCC)OCC)cc3)c3ccccc3-c3ccccc32)cc1.CCOP(=O)(OCC)OCC.Cc1ccc(C(=Cc2ccc(C3(c4ccc(C=C(c5ccc(C)cc5)c5ccc(C)cc5)cc4)c4ccccc4-c4ccccc43)cc2)c2ccc(C)cc2)cc1.Cc1ccc(C(=O)c2ccc(C)cc2)cc1. The van der Waals surface area contributed by atoms with Crippen LogP contribution in [0.5, 0.6) is 0 Å². The van der Waals surface area contributed by atoms with Crippen LogP contribution in [0.15, 0.2) is 340 Å². The van der Waals surface area contributed by atoms with Crippen molar-refractivity contribution in [2.75, 3.05) is 46.2 Å². The molecule has 646 valence electrons. The first-order valence-electron chi connectivity index (χ1n) is 43.9. The molecule has 16 rings (SSSR count). The maximum absolute atomic E-state index is 13.3. The minimum Gasteiger partial charge on any atom is -0.337 e. The minimum absolute atomic E-state index is 0.0833. The third-order valence-corrected chi connectivity index (χ3v) is 27.6. The van der Waals surface area contributed by atoms with Gasteiger partial charge < -0.3 is 18.5 Å². The van der Waals surface area contributed by atoms with Crippen LogP contribution in [0.25, 0.3) is 45.6 Å². The lowest BCUT2D eigenvalue weighted by Gasteiger charge is -2.34. The summed E-state index contributed by atoms with van der Waals surface area (Å²) < 4.78 is 74.4. The number of carbonyl (C=O) groups is 1. The molecule has 0 bridgehead atoms. The quantitative estimate of drug-likeness (QED) is 0.0184. The lowest BCUT2D eigenvalue weighted by atomic mass is 9.67. The van der Waals surface area contributed by atoms with Crippen molar-refractivity contribution >= 4 is 53.0 Å². The molecule has 0 unspecified atom stereocenters. The number of ketones is 1. The Labute approximate surface area is 752 Å². The minimum atomic E-state index is -3.25. The van der Waals surface area contributed by atoms with Gasteiger partial charge in [0.2, 0.25) is 8.46 Å². The summed E-state index contributed by atoms with van der Waals surface area (Å²) in [5, 5.41) is 0. The van der Waals surface area contributed by atoms with Crippen LogP contribution in [0.1, 0.15) is 187 Å². The highest BCUT2D eigenvalue weighted by molar-refractivity contribution is 7.53. The van der Waals surface area contributed by atoms with E-state index in [2.05, 4.69) is 307 Å². The van der Waals surface area contributed by atoms with Crippen molar-refractivity contribution in [3.8, 4) is 22.3 Å². The summed E-state index contributed by atoms with van der Waals surface area (Å²) in [5.74, 6) is 0.0833. The lowest BCUT2D eigenvalue weighted by Crippen LogP contribution is -2.30. The van der Waals surface area contributed by atoms with Gasteiger partial charge in [-0.05, 0) is 219 Å². The first kappa shape index (κ1) is 93.2. The smallest absolute Gasteiger partial charge is 0.337 e. The molecule has 0 saturated heterocycles. The molecule has 127 heavy (non-hydrogen) atoms. The number of phosphoric acid groups is 1. The van der Waals surface area contributed by atoms with Crippen LogP contribution < -0.4 is 0 Å². The average molecular weight is 1740 g/mol. The summed E-state index contributed by atoms with van der Waals surface area (Å²) >= 11 is 0. The van der Waals surface area contributed by atoms with Crippen LogP contribution in [-0.4, -0.2) is 52.0 Å². The van der Waals surface area contributed by atoms with Crippen LogP contribution in [0.2, 0.25) is 0 Å². The highest BCUT2D eigenvalue weighted by atomic mass is 31.2. The number of aryl methyl sites for hydroxylation is 6. The normalized spacial score (nSPS) is 12.6. The second kappa shape index (κ2) is 42.9. The van der Waals surface area contributed by atoms with Crippen LogP contribution in [0.3, 0.4) is 0 Å². The maximum atomic E-state index is 13.3. The molecule has 0 atom stereocenters. The molecule has 0 aliphatic heterocycles. The highest BCUT2D eigenvalue weighted by Crippen LogP contribution is 2.59. The first-order valence-corrected chi connectivity index (χ1v) is 47.9. The van der Waals surface area contributed by atoms with Gasteiger partial charge in [-0.2, -0.15) is 0 Å². The molecular weight excluding hydrogens is 1630 g/mol. The van der Waals surface area contributed by atoms with Crippen molar-refractivity contribution in [1.82, 2.24) is 0 Å². The fourth-order valence-corrected chi connectivity index (χ4v) is 20.5. The topological polar surface area (TPSA) is 133 Å². The lowest BCUT2D eigenvalue weighted by molar-refractivity contribution is -0.176. The van der Waals surface area contributed by atoms with E-state index >= 15 is 0 Å². The van der Waals surface area contributed by atoms with Gasteiger partial charge in [0.1, 0.15) is 0 Å². The number of carbonyl (C=O) groups excluding carboxylic acids is 1. The Morgan fingerprint density at radius 2 is 0.559 bits per heavy atom. The van der Waals surface area contributed by atoms with Crippen LogP contribution in [0, 0.1) is 41.5 Å². The van der Waals surface area contributed by atoms with E-state index in [0.717, 1.165) is 27.8 Å². The van der Waals surface area contributed by atoms with E-state index in [9.17, 15) is 18.5 Å². The summed E-state index contributed by atoms with van der Waals surface area (Å²) in [6, 6.07) is 121. The van der Waals surface area contributed by atoms with Gasteiger partial charge in [-0.1, -0.05) is 373 Å². The number of hydrogen-bond donors (Lipinski definition) is 0. The van der Waals surface area contributed by atoms with E-state index in [1.807, 2.05) is 114 Å². The fourth-order valence-electron chi connectivity index (χ4n) is 17.0. The third-order valence-electron chi connectivity index (χ3n) is 23.1. The van der Waals surface area contributed by atoms with E-state index in [1.165, 1.54) is 134 Å². The molecule has 0 amide bonds. The molecule has 2 aliphatic carbocycles. The predicted octanol–water partition coefficient (Wildman–Crippen LogP) is 29.5. The van der Waals surface area contributed by atoms with Crippen molar-refractivity contribution in [2.24, 2.45) is 0 Å². The largest absolute Gasteiger partial charge is 0.474 e. The standard InChI is InChI=1S/C57H46.C35H38O6P2.C15H14O.C6H15O4P/c1-39-13-25-45(26-14-39)53(46-27-15-40(2)16-28-46)37-43-21-33-49(34-22-43)57(55-11-7-5-9-51(55)52-10-6-8-12-56(52)57)50-35-23-44(24-36-50)38-54(47-29-17-41(3)18-30-47)48-31-19-42(4)20-32-48;1-5-38-35(42-36,39-6-2)29-23-21-28(22-24-29)34(32-15-11-9-13-30(32)31-14-10-12-16-33(31)34)27-19-17-26(18-20-27)25-43(37,40-7-3)41-8-4;1-11-3-7-13(8-4-11)15(16)14-9-5-12(2)6-10-14;1-4-8-11(7,9-5-2)10-6-3/h5-38H,1-4H3;9-24H,5-8,25H2,1-4H3;3-10H,1-2H3;4-6H2,1-3H3. The number of fused-ring (bicyclic) bond motifs is 6. The van der Waals surface area contributed by atoms with Crippen LogP contribution >= 0.6 is 23.9 Å². The number of ether oxygens (including phenoxy) is 2. The highest BCUT2D eigenvalue weighted by Gasteiger charge is 2.48. The van der Waals surface area contributed by atoms with E-state index in [4.69, 9.17) is 32.1 Å². The predicted molar refractivity (Wildman–Crippen MR) is 522 cm³/mol. The van der Waals surface area contributed by atoms with Crippen molar-refractivity contribution in [2.45, 2.75) is 113 Å². The average Bonchev–Trinajstić information content (AvgIpc) is 1.55. The van der Waals surface area contributed by atoms with Gasteiger partial charge in [0, 0.05) is 29.9 Å². The molecule has 0 spiro atoms. The van der Waals surface area contributed by atoms with Gasteiger partial charge in [0.05, 0.1) is 50.0 Å². The van der Waals surface area contributed by atoms with Crippen LogP contribution in [-0.2, 0) is 68.3 Å². The number of rotatable bonds is 30. The Bertz CT molecular complexity index is 5780. The van der Waals surface area contributed by atoms with Crippen molar-refractivity contribution in [1.29, 1.82) is 0 Å². The zero-order valence-electron chi connectivity index (χ0n) is 75.0. The Morgan fingerprint density at radius 1 is 0.307 bits per heavy atom. The Balaban J connectivity index is 0.000000172. The number of phosphoric ester groups is 1. The summed E-state index contributed by atoms with van der Waals surface area (Å²) in [6.07, 6.45) is 4.88. The molecular formula is C113H113O11P3. The van der Waals surface area contributed by atoms with Crippen LogP contribution in [0.4, 0.5) is 0 Å². The van der Waals surface area contributed by atoms with Crippen molar-refractivity contribution in [3.63, 3.8) is 0 Å². The second-order valence-electron chi connectivity index (χ2n) is 31.7. The van der Waals surface area contributed by atoms with E-state index in [0.29, 0.717) is 51.8 Å². The third kappa shape index (κ3) is 21.0. The summed E-state index contributed by atoms with van der Waals surface area (Å²) in [7, 11) is -6.73. The first-order chi connectivity index (χ1) is 61.6. The van der Waals surface area contributed by atoms with Crippen molar-refractivity contribution < 1.29 is 50.6 Å². The van der Waals surface area contributed by atoms with E-state index < -0.39 is 31.8 Å². The van der Waals surface area contributed by atoms with E-state index in [-0.39, 0.29) is 20.4 Å². The molecule has 14 aromatic carbocycles. The zero-order chi connectivity index (χ0) is 89.7. The van der Waals surface area contributed by atoms with E-state index in [1.54, 1.807) is 20.8 Å². The number of benzene rings is 14. The molecule has 0 radical (unpaired) electrons. The molecule has 2 aliphatic rings. The molecule has 14 aromatic rings. The monoisotopic (exact) mass is 1740 g/mol. The summed E-state index contributed by atoms with van der Waals surface area (Å²) in [5.41, 5.74) is 32.2. The maximum Gasteiger partial charge on any atom is 0.474 e. The molecule has 0 fully saturated rings. The Morgan fingerprint density at radius 3 is 0.819 bits per heavy atom. The molecule has 14 heteroatoms. The molecule has 0 saturated carbocycles. The van der Waals surface area contributed by atoms with Gasteiger partial charge in [0.15, 0.2) is 5.78 Å². The van der Waals surface area contributed by atoms with Gasteiger partial charge in [-0.3, -0.25) is 27.5 Å². The molecule has 11 nitrogen and oxygen atoms in total. The zero-order valence-corrected chi connectivity index (χ0v) is 77.7. The Kier molecular flexibility index (Phi) is 31.4. The van der Waals surface area contributed by atoms with Crippen molar-refractivity contribution in [3.05, 3.63) is 473 Å². The Hall–Kier alpha value is -11.5. The summed E-state index contributed by atoms with van der Waals surface area (Å²) in [4.78, 5) is 12.1.